The van der Waals surface area contributed by atoms with Crippen molar-refractivity contribution in [2.75, 3.05) is 25.6 Å². The molecular weight excluding hydrogens is 396 g/mol. The highest BCUT2D eigenvalue weighted by Crippen LogP contribution is 2.29. The second-order valence-electron chi connectivity index (χ2n) is 7.04. The topological polar surface area (TPSA) is 97.7 Å². The Morgan fingerprint density at radius 2 is 1.84 bits per heavy atom. The molecule has 0 saturated heterocycles. The molecule has 162 valence electrons. The van der Waals surface area contributed by atoms with Crippen LogP contribution in [0.5, 0.6) is 11.5 Å². The van der Waals surface area contributed by atoms with Gasteiger partial charge in [-0.1, -0.05) is 19.9 Å². The third-order valence-electron chi connectivity index (χ3n) is 4.09. The summed E-state index contributed by atoms with van der Waals surface area (Å²) in [5.41, 5.74) is 1.39. The van der Waals surface area contributed by atoms with E-state index in [0.717, 1.165) is 0 Å². The lowest BCUT2D eigenvalue weighted by Crippen LogP contribution is -2.13. The summed E-state index contributed by atoms with van der Waals surface area (Å²) in [4.78, 5) is 24.3. The van der Waals surface area contributed by atoms with Gasteiger partial charge in [0.15, 0.2) is 11.5 Å². The monoisotopic (exact) mass is 422 g/mol. The number of carbonyl (C=O) groups excluding carboxylic acids is 2. The van der Waals surface area contributed by atoms with Gasteiger partial charge in [0.25, 0.3) is 5.91 Å². The molecule has 0 unspecified atom stereocenters. The maximum atomic E-state index is 12.5. The largest absolute Gasteiger partial charge is 0.493 e. The molecule has 0 radical (unpaired) electrons. The van der Waals surface area contributed by atoms with Crippen LogP contribution in [-0.2, 0) is 9.53 Å². The van der Waals surface area contributed by atoms with Crippen molar-refractivity contribution >= 4 is 23.6 Å². The van der Waals surface area contributed by atoms with Crippen LogP contribution in [0.2, 0.25) is 0 Å². The number of rotatable bonds is 9. The number of benzene rings is 2. The average molecular weight is 422 g/mol. The second kappa shape index (κ2) is 11.4. The zero-order chi connectivity index (χ0) is 22.8. The van der Waals surface area contributed by atoms with Crippen LogP contribution in [0.25, 0.3) is 6.08 Å². The van der Waals surface area contributed by atoms with Gasteiger partial charge in [-0.05, 0) is 60.9 Å². The lowest BCUT2D eigenvalue weighted by atomic mass is 10.1. The van der Waals surface area contributed by atoms with E-state index in [1.165, 1.54) is 6.08 Å². The Bertz CT molecular complexity index is 988. The fraction of sp³-hybridized carbons (Fsp3) is 0.292. The first-order valence-corrected chi connectivity index (χ1v) is 9.89. The van der Waals surface area contributed by atoms with Crippen LogP contribution < -0.4 is 14.8 Å². The summed E-state index contributed by atoms with van der Waals surface area (Å²) < 4.78 is 16.0. The second-order valence-corrected chi connectivity index (χ2v) is 7.04. The summed E-state index contributed by atoms with van der Waals surface area (Å²) in [6.07, 6.45) is 1.48. The Labute approximate surface area is 182 Å². The molecule has 2 aromatic rings. The molecule has 0 heterocycles. The minimum Gasteiger partial charge on any atom is -0.493 e. The van der Waals surface area contributed by atoms with Gasteiger partial charge in [0.05, 0.1) is 25.9 Å². The molecule has 0 atom stereocenters. The fourth-order valence-corrected chi connectivity index (χ4v) is 2.57. The van der Waals surface area contributed by atoms with E-state index in [-0.39, 0.29) is 12.2 Å². The van der Waals surface area contributed by atoms with Gasteiger partial charge < -0.3 is 19.5 Å². The third-order valence-corrected chi connectivity index (χ3v) is 4.09. The van der Waals surface area contributed by atoms with Gasteiger partial charge in [0.2, 0.25) is 0 Å². The first-order valence-electron chi connectivity index (χ1n) is 9.89. The predicted molar refractivity (Wildman–Crippen MR) is 118 cm³/mol. The Kier molecular flexibility index (Phi) is 8.64. The minimum absolute atomic E-state index is 0.0746. The van der Waals surface area contributed by atoms with E-state index in [1.54, 1.807) is 56.5 Å². The molecule has 0 fully saturated rings. The van der Waals surface area contributed by atoms with Gasteiger partial charge in [-0.2, -0.15) is 5.26 Å². The standard InChI is InChI=1S/C24H26N2O5/c1-5-30-24(28)18-7-9-20(10-8-18)26-23(27)19(14-25)12-17-6-11-21(29-4)22(13-17)31-15-16(2)3/h6-13,16H,5,15H2,1-4H3,(H,26,27)/b19-12+. The number of nitriles is 1. The quantitative estimate of drug-likeness (QED) is 0.364. The van der Waals surface area contributed by atoms with Crippen LogP contribution in [-0.4, -0.2) is 32.2 Å². The molecule has 0 spiro atoms. The van der Waals surface area contributed by atoms with Crippen LogP contribution in [0.15, 0.2) is 48.0 Å². The van der Waals surface area contributed by atoms with Gasteiger partial charge in [-0.15, -0.1) is 0 Å². The maximum absolute atomic E-state index is 12.5. The average Bonchev–Trinajstić information content (AvgIpc) is 2.76. The van der Waals surface area contributed by atoms with Crippen molar-refractivity contribution in [2.45, 2.75) is 20.8 Å². The summed E-state index contributed by atoms with van der Waals surface area (Å²) in [7, 11) is 1.55. The fourth-order valence-electron chi connectivity index (χ4n) is 2.57. The number of anilines is 1. The molecule has 0 saturated carbocycles. The summed E-state index contributed by atoms with van der Waals surface area (Å²) in [6.45, 7) is 6.59. The molecule has 0 aromatic heterocycles. The summed E-state index contributed by atoms with van der Waals surface area (Å²) in [5, 5.41) is 12.1. The van der Waals surface area contributed by atoms with Crippen molar-refractivity contribution in [3.63, 3.8) is 0 Å². The van der Waals surface area contributed by atoms with Crippen molar-refractivity contribution in [3.8, 4) is 17.6 Å². The Morgan fingerprint density at radius 1 is 1.13 bits per heavy atom. The zero-order valence-corrected chi connectivity index (χ0v) is 18.1. The Hall–Kier alpha value is -3.79. The number of nitrogens with zero attached hydrogens (tertiary/aromatic N) is 1. The van der Waals surface area contributed by atoms with E-state index in [1.807, 2.05) is 19.9 Å². The molecule has 0 bridgehead atoms. The molecule has 7 heteroatoms. The number of carbonyl (C=O) groups is 2. The van der Waals surface area contributed by atoms with Gasteiger partial charge in [-0.25, -0.2) is 4.79 Å². The minimum atomic E-state index is -0.563. The molecular formula is C24H26N2O5. The van der Waals surface area contributed by atoms with E-state index in [2.05, 4.69) is 5.32 Å². The first-order chi connectivity index (χ1) is 14.9. The first kappa shape index (κ1) is 23.5. The molecule has 0 aliphatic heterocycles. The number of esters is 1. The number of hydrogen-bond donors (Lipinski definition) is 1. The lowest BCUT2D eigenvalue weighted by Gasteiger charge is -2.13. The van der Waals surface area contributed by atoms with E-state index in [4.69, 9.17) is 14.2 Å². The Morgan fingerprint density at radius 3 is 2.42 bits per heavy atom. The molecule has 31 heavy (non-hydrogen) atoms. The van der Waals surface area contributed by atoms with E-state index < -0.39 is 11.9 Å². The van der Waals surface area contributed by atoms with Crippen molar-refractivity contribution in [1.82, 2.24) is 0 Å². The van der Waals surface area contributed by atoms with Crippen molar-refractivity contribution in [1.29, 1.82) is 5.26 Å². The Balaban J connectivity index is 2.17. The number of ether oxygens (including phenoxy) is 3. The predicted octanol–water partition coefficient (Wildman–Crippen LogP) is 4.45. The number of methoxy groups -OCH3 is 1. The van der Waals surface area contributed by atoms with Crippen molar-refractivity contribution < 1.29 is 23.8 Å². The van der Waals surface area contributed by atoms with Gasteiger partial charge in [0.1, 0.15) is 11.6 Å². The van der Waals surface area contributed by atoms with E-state index in [9.17, 15) is 14.9 Å². The summed E-state index contributed by atoms with van der Waals surface area (Å²) in [6, 6.07) is 13.3. The van der Waals surface area contributed by atoms with Crippen molar-refractivity contribution in [3.05, 3.63) is 59.2 Å². The molecule has 0 aliphatic carbocycles. The van der Waals surface area contributed by atoms with Gasteiger partial charge in [0, 0.05) is 5.69 Å². The number of nitrogens with one attached hydrogen (secondary N) is 1. The summed E-state index contributed by atoms with van der Waals surface area (Å²) >= 11 is 0. The SMILES string of the molecule is CCOC(=O)c1ccc(NC(=O)/C(C#N)=C/c2ccc(OC)c(OCC(C)C)c2)cc1. The highest BCUT2D eigenvalue weighted by molar-refractivity contribution is 6.09. The van der Waals surface area contributed by atoms with Crippen LogP contribution in [0.1, 0.15) is 36.7 Å². The van der Waals surface area contributed by atoms with Crippen LogP contribution >= 0.6 is 0 Å². The molecule has 1 amide bonds. The highest BCUT2D eigenvalue weighted by Gasteiger charge is 2.12. The molecule has 7 nitrogen and oxygen atoms in total. The van der Waals surface area contributed by atoms with E-state index >= 15 is 0 Å². The number of amides is 1. The molecule has 1 N–H and O–H groups in total. The van der Waals surface area contributed by atoms with Gasteiger partial charge in [-0.3, -0.25) is 4.79 Å². The van der Waals surface area contributed by atoms with Crippen LogP contribution in [0, 0.1) is 17.2 Å². The molecule has 2 rings (SSSR count). The smallest absolute Gasteiger partial charge is 0.338 e. The highest BCUT2D eigenvalue weighted by atomic mass is 16.5. The van der Waals surface area contributed by atoms with Crippen LogP contribution in [0.4, 0.5) is 5.69 Å². The normalized spacial score (nSPS) is 10.9. The van der Waals surface area contributed by atoms with Crippen molar-refractivity contribution in [2.24, 2.45) is 5.92 Å². The summed E-state index contributed by atoms with van der Waals surface area (Å²) in [5.74, 6) is 0.444. The van der Waals surface area contributed by atoms with Gasteiger partial charge >= 0.3 is 5.97 Å². The zero-order valence-electron chi connectivity index (χ0n) is 18.1. The molecule has 0 aliphatic rings. The van der Waals surface area contributed by atoms with E-state index in [0.29, 0.717) is 40.8 Å². The lowest BCUT2D eigenvalue weighted by molar-refractivity contribution is -0.112. The maximum Gasteiger partial charge on any atom is 0.338 e. The molecule has 2 aromatic carbocycles. The van der Waals surface area contributed by atoms with Crippen LogP contribution in [0.3, 0.4) is 0 Å². The third kappa shape index (κ3) is 6.89. The number of hydrogen-bond acceptors (Lipinski definition) is 6.